The number of hydrogen-bond acceptors (Lipinski definition) is 8. The average molecular weight is 551 g/mol. The van der Waals surface area contributed by atoms with Crippen LogP contribution in [0.1, 0.15) is 53.9 Å². The van der Waals surface area contributed by atoms with Crippen molar-refractivity contribution in [3.8, 4) is 11.3 Å². The van der Waals surface area contributed by atoms with E-state index in [4.69, 9.17) is 0 Å². The number of aromatic carboxylic acids is 1. The van der Waals surface area contributed by atoms with Gasteiger partial charge in [0.1, 0.15) is 6.54 Å². The minimum atomic E-state index is -4.49. The molecule has 0 bridgehead atoms. The lowest BCUT2D eigenvalue weighted by atomic mass is 9.82. The van der Waals surface area contributed by atoms with E-state index in [-0.39, 0.29) is 15.2 Å². The van der Waals surface area contributed by atoms with Gasteiger partial charge in [-0.2, -0.15) is 0 Å². The first kappa shape index (κ1) is 26.5. The van der Waals surface area contributed by atoms with Gasteiger partial charge in [0, 0.05) is 23.3 Å². The van der Waals surface area contributed by atoms with E-state index in [2.05, 4.69) is 9.97 Å². The molecule has 12 nitrogen and oxygen atoms in total. The van der Waals surface area contributed by atoms with Gasteiger partial charge in [0.15, 0.2) is 0 Å². The summed E-state index contributed by atoms with van der Waals surface area (Å²) in [5.74, 6) is -2.41. The van der Waals surface area contributed by atoms with Gasteiger partial charge in [-0.05, 0) is 36.5 Å². The van der Waals surface area contributed by atoms with Crippen molar-refractivity contribution in [2.45, 2.75) is 44.6 Å². The standard InChI is InChI=1S/C23H26N4O8S2/c1-36(32,33)27(37(2,34)35)19(28)13-26-18-10-15(22(29)30)8-9-17(18)20(14-6-4-3-5-7-14)21(26)16-11-24-23(31)25-12-16/h8-12,14H,3-7,13H2,1-2H3,(H,29,30)(H,24,25,31). The normalized spacial score (nSPS) is 15.1. The molecule has 1 aliphatic rings. The second kappa shape index (κ2) is 9.74. The number of sulfonamides is 2. The number of rotatable bonds is 7. The molecule has 0 saturated heterocycles. The Kier molecular flexibility index (Phi) is 6.99. The van der Waals surface area contributed by atoms with Crippen molar-refractivity contribution < 1.29 is 31.5 Å². The third-order valence-corrected chi connectivity index (χ3v) is 9.65. The summed E-state index contributed by atoms with van der Waals surface area (Å²) in [5, 5.41) is 10.2. The van der Waals surface area contributed by atoms with Gasteiger partial charge in [-0.3, -0.25) is 4.79 Å². The van der Waals surface area contributed by atoms with Gasteiger partial charge in [-0.15, -0.1) is 3.71 Å². The SMILES string of the molecule is CS(=O)(=O)N(C(=O)Cn1c(-c2cnc(=O)[nH]c2)c(C2CCCCC2)c2ccc(C(=O)O)cc21)S(C)(=O)=O. The van der Waals surface area contributed by atoms with E-state index < -0.39 is 44.2 Å². The number of nitrogens with one attached hydrogen (secondary N) is 1. The zero-order chi connectivity index (χ0) is 27.1. The molecule has 198 valence electrons. The Morgan fingerprint density at radius 3 is 2.30 bits per heavy atom. The molecule has 2 N–H and O–H groups in total. The number of aromatic amines is 1. The lowest BCUT2D eigenvalue weighted by Crippen LogP contribution is -2.42. The van der Waals surface area contributed by atoms with Crippen LogP contribution in [-0.2, 0) is 31.4 Å². The number of carbonyl (C=O) groups excluding carboxylic acids is 1. The summed E-state index contributed by atoms with van der Waals surface area (Å²) in [6.45, 7) is -0.721. The molecule has 1 fully saturated rings. The molecule has 0 radical (unpaired) electrons. The molecule has 0 unspecified atom stereocenters. The number of benzene rings is 1. The van der Waals surface area contributed by atoms with Crippen LogP contribution in [0.2, 0.25) is 0 Å². The lowest BCUT2D eigenvalue weighted by Gasteiger charge is -2.24. The van der Waals surface area contributed by atoms with Crippen molar-refractivity contribution in [3.63, 3.8) is 0 Å². The minimum absolute atomic E-state index is 0.0335. The molecule has 37 heavy (non-hydrogen) atoms. The fraction of sp³-hybridized carbons (Fsp3) is 0.391. The molecule has 2 aromatic heterocycles. The van der Waals surface area contributed by atoms with Crippen LogP contribution in [0, 0.1) is 0 Å². The van der Waals surface area contributed by atoms with Crippen molar-refractivity contribution in [3.05, 3.63) is 52.2 Å². The molecule has 0 spiro atoms. The van der Waals surface area contributed by atoms with Crippen LogP contribution in [0.4, 0.5) is 0 Å². The summed E-state index contributed by atoms with van der Waals surface area (Å²) >= 11 is 0. The highest BCUT2D eigenvalue weighted by molar-refractivity contribution is 8.04. The third-order valence-electron chi connectivity index (χ3n) is 6.41. The second-order valence-corrected chi connectivity index (χ2v) is 13.0. The Labute approximate surface area is 213 Å². The summed E-state index contributed by atoms with van der Waals surface area (Å²) < 4.78 is 50.2. The van der Waals surface area contributed by atoms with Gasteiger partial charge in [-0.1, -0.05) is 25.3 Å². The Bertz CT molecular complexity index is 1610. The van der Waals surface area contributed by atoms with Crippen LogP contribution in [0.5, 0.6) is 0 Å². The predicted octanol–water partition coefficient (Wildman–Crippen LogP) is 1.89. The molecule has 0 aliphatic heterocycles. The fourth-order valence-corrected chi connectivity index (χ4v) is 7.89. The topological polar surface area (TPSA) is 177 Å². The van der Waals surface area contributed by atoms with Crippen molar-refractivity contribution in [2.24, 2.45) is 0 Å². The van der Waals surface area contributed by atoms with Gasteiger partial charge >= 0.3 is 11.7 Å². The number of H-pyrrole nitrogens is 1. The van der Waals surface area contributed by atoms with Crippen molar-refractivity contribution in [1.29, 1.82) is 0 Å². The lowest BCUT2D eigenvalue weighted by molar-refractivity contribution is -0.123. The summed E-state index contributed by atoms with van der Waals surface area (Å²) in [5.41, 5.74) is 1.30. The predicted molar refractivity (Wildman–Crippen MR) is 135 cm³/mol. The first-order valence-electron chi connectivity index (χ1n) is 11.5. The highest BCUT2D eigenvalue weighted by Crippen LogP contribution is 2.44. The molecular weight excluding hydrogens is 524 g/mol. The Hall–Kier alpha value is -3.52. The number of fused-ring (bicyclic) bond motifs is 1. The van der Waals surface area contributed by atoms with E-state index in [1.807, 2.05) is 0 Å². The maximum Gasteiger partial charge on any atom is 0.344 e. The van der Waals surface area contributed by atoms with E-state index in [1.54, 1.807) is 6.07 Å². The van der Waals surface area contributed by atoms with Crippen molar-refractivity contribution in [1.82, 2.24) is 18.2 Å². The molecule has 3 aromatic rings. The molecule has 4 rings (SSSR count). The van der Waals surface area contributed by atoms with Gasteiger partial charge in [0.05, 0.1) is 29.3 Å². The molecule has 1 aliphatic carbocycles. The summed E-state index contributed by atoms with van der Waals surface area (Å²) in [6, 6.07) is 4.44. The number of amides is 1. The van der Waals surface area contributed by atoms with Gasteiger partial charge < -0.3 is 14.7 Å². The zero-order valence-corrected chi connectivity index (χ0v) is 21.8. The van der Waals surface area contributed by atoms with Crippen LogP contribution < -0.4 is 5.69 Å². The maximum atomic E-state index is 13.2. The number of nitrogens with zero attached hydrogens (tertiary/aromatic N) is 3. The molecule has 14 heteroatoms. The average Bonchev–Trinajstić information content (AvgIpc) is 3.11. The van der Waals surface area contributed by atoms with Crippen LogP contribution in [0.3, 0.4) is 0 Å². The minimum Gasteiger partial charge on any atom is -0.478 e. The Morgan fingerprint density at radius 1 is 1.11 bits per heavy atom. The van der Waals surface area contributed by atoms with E-state index in [1.165, 1.54) is 29.1 Å². The monoisotopic (exact) mass is 550 g/mol. The first-order valence-corrected chi connectivity index (χ1v) is 15.2. The van der Waals surface area contributed by atoms with Crippen LogP contribution in [0.15, 0.2) is 35.4 Å². The highest BCUT2D eigenvalue weighted by atomic mass is 32.3. The van der Waals surface area contributed by atoms with Gasteiger partial charge in [0.2, 0.25) is 20.0 Å². The number of carbonyl (C=O) groups is 2. The molecule has 0 atom stereocenters. The summed E-state index contributed by atoms with van der Waals surface area (Å²) in [6.07, 6.45) is 8.58. The van der Waals surface area contributed by atoms with E-state index >= 15 is 0 Å². The number of aromatic nitrogens is 3. The van der Waals surface area contributed by atoms with Crippen LogP contribution in [0.25, 0.3) is 22.2 Å². The van der Waals surface area contributed by atoms with E-state index in [0.29, 0.717) is 34.7 Å². The molecule has 1 amide bonds. The van der Waals surface area contributed by atoms with Crippen molar-refractivity contribution >= 4 is 42.8 Å². The fourth-order valence-electron chi connectivity index (χ4n) is 5.07. The van der Waals surface area contributed by atoms with Gasteiger partial charge in [-0.25, -0.2) is 31.4 Å². The zero-order valence-electron chi connectivity index (χ0n) is 20.2. The van der Waals surface area contributed by atoms with Crippen LogP contribution >= 0.6 is 0 Å². The Morgan fingerprint density at radius 2 is 1.76 bits per heavy atom. The third kappa shape index (κ3) is 5.30. The smallest absolute Gasteiger partial charge is 0.344 e. The van der Waals surface area contributed by atoms with E-state index in [0.717, 1.165) is 37.7 Å². The summed E-state index contributed by atoms with van der Waals surface area (Å²) in [7, 11) is -8.97. The van der Waals surface area contributed by atoms with Gasteiger partial charge in [0.25, 0.3) is 5.91 Å². The number of hydrogen-bond donors (Lipinski definition) is 2. The van der Waals surface area contributed by atoms with E-state index in [9.17, 15) is 36.3 Å². The number of carboxylic acids is 1. The molecule has 1 saturated carbocycles. The molecule has 1 aromatic carbocycles. The largest absolute Gasteiger partial charge is 0.478 e. The highest BCUT2D eigenvalue weighted by Gasteiger charge is 2.35. The Balaban J connectivity index is 2.05. The maximum absolute atomic E-state index is 13.2. The quantitative estimate of drug-likeness (QED) is 0.445. The first-order chi connectivity index (χ1) is 17.3. The number of carboxylic acid groups (broad SMARTS) is 1. The second-order valence-electron chi connectivity index (χ2n) is 9.14. The van der Waals surface area contributed by atoms with Crippen molar-refractivity contribution in [2.75, 3.05) is 12.5 Å². The van der Waals surface area contributed by atoms with Crippen LogP contribution in [-0.4, -0.2) is 64.6 Å². The summed E-state index contributed by atoms with van der Waals surface area (Å²) in [4.78, 5) is 43.0. The molecular formula is C23H26N4O8S2. The molecule has 2 heterocycles.